The van der Waals surface area contributed by atoms with Crippen molar-refractivity contribution in [2.24, 2.45) is 23.5 Å². The highest BCUT2D eigenvalue weighted by Crippen LogP contribution is 2.41. The van der Waals surface area contributed by atoms with Crippen molar-refractivity contribution >= 4 is 5.91 Å². The molecule has 1 aromatic rings. The van der Waals surface area contributed by atoms with E-state index < -0.39 is 0 Å². The zero-order chi connectivity index (χ0) is 15.5. The van der Waals surface area contributed by atoms with E-state index in [-0.39, 0.29) is 11.8 Å². The number of nitrogens with two attached hydrogens (primary N) is 1. The van der Waals surface area contributed by atoms with Crippen LogP contribution < -0.4 is 11.1 Å². The summed E-state index contributed by atoms with van der Waals surface area (Å²) in [6.07, 6.45) is 6.69. The normalized spacial score (nSPS) is 30.8. The van der Waals surface area contributed by atoms with Crippen molar-refractivity contribution in [3.63, 3.8) is 0 Å². The highest BCUT2D eigenvalue weighted by Gasteiger charge is 2.40. The van der Waals surface area contributed by atoms with E-state index in [0.717, 1.165) is 19.3 Å². The van der Waals surface area contributed by atoms with Crippen LogP contribution in [0.4, 0.5) is 0 Å². The number of carbonyl (C=O) groups is 1. The number of rotatable bonds is 4. The lowest BCUT2D eigenvalue weighted by Gasteiger charge is -2.43. The summed E-state index contributed by atoms with van der Waals surface area (Å²) in [7, 11) is 0. The summed E-state index contributed by atoms with van der Waals surface area (Å²) in [6.45, 7) is 2.81. The topological polar surface area (TPSA) is 55.1 Å². The van der Waals surface area contributed by atoms with Crippen molar-refractivity contribution in [3.05, 3.63) is 35.4 Å². The van der Waals surface area contributed by atoms with Gasteiger partial charge >= 0.3 is 0 Å². The van der Waals surface area contributed by atoms with Gasteiger partial charge in [-0.15, -0.1) is 0 Å². The second-order valence-electron chi connectivity index (χ2n) is 7.04. The highest BCUT2D eigenvalue weighted by molar-refractivity contribution is 5.78. The van der Waals surface area contributed by atoms with Crippen LogP contribution in [0.1, 0.15) is 50.2 Å². The summed E-state index contributed by atoms with van der Waals surface area (Å²) in [5, 5.41) is 3.17. The SMILES string of the molecule is CCc1ccccc1CNC(=O)C1CC2CCCC(C1)C2N. The molecule has 2 fully saturated rings. The third-order valence-corrected chi connectivity index (χ3v) is 5.74. The molecule has 2 bridgehead atoms. The zero-order valence-corrected chi connectivity index (χ0v) is 13.6. The molecule has 2 aliphatic rings. The van der Waals surface area contributed by atoms with Gasteiger partial charge in [0.2, 0.25) is 5.91 Å². The molecule has 0 aromatic heterocycles. The summed E-state index contributed by atoms with van der Waals surface area (Å²) in [5.41, 5.74) is 8.88. The number of nitrogens with one attached hydrogen (secondary N) is 1. The molecule has 0 spiro atoms. The average Bonchev–Trinajstić information content (AvgIpc) is 2.52. The van der Waals surface area contributed by atoms with Crippen LogP contribution in [0.3, 0.4) is 0 Å². The molecule has 0 saturated heterocycles. The Kier molecular flexibility index (Phi) is 4.82. The molecule has 1 aromatic carbocycles. The fourth-order valence-electron chi connectivity index (χ4n) is 4.40. The number of amides is 1. The van der Waals surface area contributed by atoms with Crippen LogP contribution in [0.5, 0.6) is 0 Å². The van der Waals surface area contributed by atoms with Crippen molar-refractivity contribution < 1.29 is 4.79 Å². The molecule has 3 N–H and O–H groups in total. The van der Waals surface area contributed by atoms with Gasteiger partial charge in [0.25, 0.3) is 0 Å². The molecule has 3 nitrogen and oxygen atoms in total. The summed E-state index contributed by atoms with van der Waals surface area (Å²) >= 11 is 0. The molecule has 1 amide bonds. The van der Waals surface area contributed by atoms with Gasteiger partial charge < -0.3 is 11.1 Å². The van der Waals surface area contributed by atoms with Gasteiger partial charge in [-0.05, 0) is 55.1 Å². The predicted octanol–water partition coefficient (Wildman–Crippen LogP) is 3.02. The Labute approximate surface area is 133 Å². The minimum absolute atomic E-state index is 0.170. The first-order chi connectivity index (χ1) is 10.7. The molecule has 2 saturated carbocycles. The van der Waals surface area contributed by atoms with Gasteiger partial charge in [-0.25, -0.2) is 0 Å². The molecule has 120 valence electrons. The number of carbonyl (C=O) groups excluding carboxylic acids is 1. The van der Waals surface area contributed by atoms with Crippen LogP contribution in [-0.4, -0.2) is 11.9 Å². The van der Waals surface area contributed by atoms with Gasteiger partial charge in [0.1, 0.15) is 0 Å². The first kappa shape index (κ1) is 15.5. The molecule has 0 heterocycles. The molecule has 0 aliphatic heterocycles. The monoisotopic (exact) mass is 300 g/mol. The van der Waals surface area contributed by atoms with E-state index >= 15 is 0 Å². The van der Waals surface area contributed by atoms with Crippen LogP contribution in [0.25, 0.3) is 0 Å². The Balaban J connectivity index is 1.58. The molecule has 0 radical (unpaired) electrons. The first-order valence-electron chi connectivity index (χ1n) is 8.79. The zero-order valence-electron chi connectivity index (χ0n) is 13.6. The van der Waals surface area contributed by atoms with Crippen molar-refractivity contribution in [3.8, 4) is 0 Å². The number of benzene rings is 1. The lowest BCUT2D eigenvalue weighted by atomic mass is 9.65. The first-order valence-corrected chi connectivity index (χ1v) is 8.79. The molecule has 22 heavy (non-hydrogen) atoms. The molecule has 2 unspecified atom stereocenters. The van der Waals surface area contributed by atoms with Crippen LogP contribution >= 0.6 is 0 Å². The van der Waals surface area contributed by atoms with Crippen molar-refractivity contribution in [2.45, 2.75) is 58.0 Å². The number of fused-ring (bicyclic) bond motifs is 2. The number of hydrogen-bond donors (Lipinski definition) is 2. The van der Waals surface area contributed by atoms with Gasteiger partial charge in [-0.2, -0.15) is 0 Å². The van der Waals surface area contributed by atoms with Crippen molar-refractivity contribution in [1.29, 1.82) is 0 Å². The third kappa shape index (κ3) is 3.19. The Morgan fingerprint density at radius 2 is 1.82 bits per heavy atom. The minimum Gasteiger partial charge on any atom is -0.352 e. The average molecular weight is 300 g/mol. The number of aryl methyl sites for hydroxylation is 1. The van der Waals surface area contributed by atoms with Crippen molar-refractivity contribution in [2.75, 3.05) is 0 Å². The summed E-state index contributed by atoms with van der Waals surface area (Å²) in [4.78, 5) is 12.6. The summed E-state index contributed by atoms with van der Waals surface area (Å²) in [6, 6.07) is 8.70. The summed E-state index contributed by atoms with van der Waals surface area (Å²) < 4.78 is 0. The summed E-state index contributed by atoms with van der Waals surface area (Å²) in [5.74, 6) is 1.52. The fraction of sp³-hybridized carbons (Fsp3) is 0.632. The van der Waals surface area contributed by atoms with E-state index in [4.69, 9.17) is 5.73 Å². The maximum absolute atomic E-state index is 12.6. The van der Waals surface area contributed by atoms with Crippen LogP contribution in [-0.2, 0) is 17.8 Å². The largest absolute Gasteiger partial charge is 0.352 e. The Morgan fingerprint density at radius 1 is 1.18 bits per heavy atom. The Bertz CT molecular complexity index is 514. The smallest absolute Gasteiger partial charge is 0.223 e. The van der Waals surface area contributed by atoms with E-state index in [1.165, 1.54) is 30.4 Å². The molecule has 2 atom stereocenters. The molecular weight excluding hydrogens is 272 g/mol. The quantitative estimate of drug-likeness (QED) is 0.898. The van der Waals surface area contributed by atoms with Gasteiger partial charge in [0, 0.05) is 18.5 Å². The maximum Gasteiger partial charge on any atom is 0.223 e. The van der Waals surface area contributed by atoms with Gasteiger partial charge in [0.15, 0.2) is 0 Å². The molecule has 2 aliphatic carbocycles. The lowest BCUT2D eigenvalue weighted by Crippen LogP contribution is -2.49. The Hall–Kier alpha value is -1.35. The molecular formula is C19H28N2O. The second kappa shape index (κ2) is 6.82. The minimum atomic E-state index is 0.170. The van der Waals surface area contributed by atoms with Gasteiger partial charge in [0.05, 0.1) is 0 Å². The predicted molar refractivity (Wildman–Crippen MR) is 89.2 cm³/mol. The van der Waals surface area contributed by atoms with E-state index in [0.29, 0.717) is 24.4 Å². The fourth-order valence-corrected chi connectivity index (χ4v) is 4.40. The maximum atomic E-state index is 12.6. The highest BCUT2D eigenvalue weighted by atomic mass is 16.1. The van der Waals surface area contributed by atoms with Crippen LogP contribution in [0.2, 0.25) is 0 Å². The Morgan fingerprint density at radius 3 is 2.45 bits per heavy atom. The third-order valence-electron chi connectivity index (χ3n) is 5.74. The standard InChI is InChI=1S/C19H28N2O/c1-2-13-6-3-4-7-16(13)12-21-19(22)17-10-14-8-5-9-15(11-17)18(14)20/h3-4,6-7,14-15,17-18H,2,5,8-12,20H2,1H3,(H,21,22). The van der Waals surface area contributed by atoms with E-state index in [2.05, 4.69) is 30.4 Å². The van der Waals surface area contributed by atoms with Crippen molar-refractivity contribution in [1.82, 2.24) is 5.32 Å². The molecule has 3 heteroatoms. The second-order valence-corrected chi connectivity index (χ2v) is 7.04. The van der Waals surface area contributed by atoms with Crippen LogP contribution in [0, 0.1) is 17.8 Å². The lowest BCUT2D eigenvalue weighted by molar-refractivity contribution is -0.128. The van der Waals surface area contributed by atoms with Gasteiger partial charge in [-0.1, -0.05) is 37.6 Å². The van der Waals surface area contributed by atoms with E-state index in [9.17, 15) is 4.79 Å². The van der Waals surface area contributed by atoms with Gasteiger partial charge in [-0.3, -0.25) is 4.79 Å². The van der Waals surface area contributed by atoms with E-state index in [1.807, 2.05) is 6.07 Å². The number of hydrogen-bond acceptors (Lipinski definition) is 2. The van der Waals surface area contributed by atoms with Crippen LogP contribution in [0.15, 0.2) is 24.3 Å². The molecule has 3 rings (SSSR count). The van der Waals surface area contributed by atoms with E-state index in [1.54, 1.807) is 0 Å².